The summed E-state index contributed by atoms with van der Waals surface area (Å²) in [5.74, 6) is -0.447. The van der Waals surface area contributed by atoms with Crippen molar-refractivity contribution >= 4 is 39.1 Å². The van der Waals surface area contributed by atoms with Gasteiger partial charge in [-0.3, -0.25) is 4.79 Å². The van der Waals surface area contributed by atoms with Crippen LogP contribution in [0.1, 0.15) is 22.0 Å². The van der Waals surface area contributed by atoms with Crippen molar-refractivity contribution in [3.05, 3.63) is 82.2 Å². The maximum absolute atomic E-state index is 12.9. The van der Waals surface area contributed by atoms with E-state index in [2.05, 4.69) is 10.3 Å². The second-order valence-electron chi connectivity index (χ2n) is 7.45. The van der Waals surface area contributed by atoms with Crippen LogP contribution in [0.15, 0.2) is 66.1 Å². The third-order valence-electron chi connectivity index (χ3n) is 5.25. The SMILES string of the molecule is Cn1cnc(S(=O)(=O)N2CC([C@H](NC(=O)c3ccc(Cl)cc3Cl)c3ccccc3)C2)c1. The zero-order valence-corrected chi connectivity index (χ0v) is 18.9. The summed E-state index contributed by atoms with van der Waals surface area (Å²) in [6.45, 7) is 0.542. The number of hydrogen-bond donors (Lipinski definition) is 1. The molecule has 3 aromatic rings. The first kappa shape index (κ1) is 21.8. The number of aryl methyl sites for hydroxylation is 1. The van der Waals surface area contributed by atoms with E-state index in [1.54, 1.807) is 23.7 Å². The minimum absolute atomic E-state index is 0.0155. The summed E-state index contributed by atoms with van der Waals surface area (Å²) < 4.78 is 28.5. The van der Waals surface area contributed by atoms with E-state index in [0.29, 0.717) is 10.6 Å². The van der Waals surface area contributed by atoms with Crippen LogP contribution in [-0.2, 0) is 17.1 Å². The fraction of sp³-hybridized carbons (Fsp3) is 0.238. The van der Waals surface area contributed by atoms with Crippen LogP contribution >= 0.6 is 23.2 Å². The summed E-state index contributed by atoms with van der Waals surface area (Å²) >= 11 is 12.1. The zero-order chi connectivity index (χ0) is 22.2. The van der Waals surface area contributed by atoms with E-state index in [1.807, 2.05) is 30.3 Å². The predicted octanol–water partition coefficient (Wildman–Crippen LogP) is 3.52. The first-order valence-electron chi connectivity index (χ1n) is 9.54. The van der Waals surface area contributed by atoms with Gasteiger partial charge in [0, 0.05) is 37.3 Å². The number of imidazole rings is 1. The Labute approximate surface area is 190 Å². The van der Waals surface area contributed by atoms with Gasteiger partial charge in [0.25, 0.3) is 15.9 Å². The molecule has 2 heterocycles. The second-order valence-corrected chi connectivity index (χ2v) is 10.2. The molecule has 7 nitrogen and oxygen atoms in total. The van der Waals surface area contributed by atoms with Gasteiger partial charge in [0.1, 0.15) is 0 Å². The van der Waals surface area contributed by atoms with Gasteiger partial charge in [0.15, 0.2) is 5.03 Å². The molecule has 31 heavy (non-hydrogen) atoms. The molecule has 0 spiro atoms. The summed E-state index contributed by atoms with van der Waals surface area (Å²) in [5, 5.41) is 3.73. The van der Waals surface area contributed by atoms with Gasteiger partial charge >= 0.3 is 0 Å². The second kappa shape index (κ2) is 8.63. The quantitative estimate of drug-likeness (QED) is 0.587. The van der Waals surface area contributed by atoms with E-state index in [9.17, 15) is 13.2 Å². The van der Waals surface area contributed by atoms with Crippen LogP contribution in [0.4, 0.5) is 0 Å². The summed E-state index contributed by atoms with van der Waals surface area (Å²) in [5.41, 5.74) is 1.20. The molecule has 1 N–H and O–H groups in total. The number of amides is 1. The first-order chi connectivity index (χ1) is 14.8. The van der Waals surface area contributed by atoms with E-state index in [0.717, 1.165) is 5.56 Å². The number of benzene rings is 2. The molecule has 1 amide bonds. The molecular formula is C21H20Cl2N4O3S. The standard InChI is InChI=1S/C21H20Cl2N4O3S/c1-26-12-19(24-13-26)31(29,30)27-10-15(11-27)20(14-5-3-2-4-6-14)25-21(28)17-8-7-16(22)9-18(17)23/h2-9,12-13,15,20H,10-11H2,1H3,(H,25,28)/t20-/m1/s1. The highest BCUT2D eigenvalue weighted by atomic mass is 35.5. The number of halogens is 2. The van der Waals surface area contributed by atoms with Crippen molar-refractivity contribution in [3.63, 3.8) is 0 Å². The number of sulfonamides is 1. The Morgan fingerprint density at radius 2 is 1.87 bits per heavy atom. The normalized spacial score (nSPS) is 16.0. The third-order valence-corrected chi connectivity index (χ3v) is 7.52. The smallest absolute Gasteiger partial charge is 0.262 e. The molecular weight excluding hydrogens is 459 g/mol. The van der Waals surface area contributed by atoms with Gasteiger partial charge < -0.3 is 9.88 Å². The molecule has 1 aliphatic rings. The lowest BCUT2D eigenvalue weighted by Gasteiger charge is -2.42. The Balaban J connectivity index is 1.54. The molecule has 1 aliphatic heterocycles. The van der Waals surface area contributed by atoms with Gasteiger partial charge in [-0.2, -0.15) is 4.31 Å². The zero-order valence-electron chi connectivity index (χ0n) is 16.6. The summed E-state index contributed by atoms with van der Waals surface area (Å²) in [6, 6.07) is 13.8. The van der Waals surface area contributed by atoms with Crippen molar-refractivity contribution in [3.8, 4) is 0 Å². The highest BCUT2D eigenvalue weighted by molar-refractivity contribution is 7.89. The van der Waals surface area contributed by atoms with Crippen molar-refractivity contribution in [1.29, 1.82) is 0 Å². The van der Waals surface area contributed by atoms with Gasteiger partial charge in [-0.05, 0) is 23.8 Å². The Morgan fingerprint density at radius 1 is 1.16 bits per heavy atom. The van der Waals surface area contributed by atoms with Crippen molar-refractivity contribution in [2.75, 3.05) is 13.1 Å². The van der Waals surface area contributed by atoms with E-state index in [4.69, 9.17) is 23.2 Å². The van der Waals surface area contributed by atoms with Gasteiger partial charge in [-0.1, -0.05) is 53.5 Å². The highest BCUT2D eigenvalue weighted by Gasteiger charge is 2.42. The number of aromatic nitrogens is 2. The summed E-state index contributed by atoms with van der Waals surface area (Å²) in [7, 11) is -1.95. The van der Waals surface area contributed by atoms with E-state index in [1.165, 1.54) is 22.9 Å². The molecule has 162 valence electrons. The summed E-state index contributed by atoms with van der Waals surface area (Å²) in [4.78, 5) is 16.9. The van der Waals surface area contributed by atoms with Crippen LogP contribution in [0.2, 0.25) is 10.0 Å². The molecule has 0 radical (unpaired) electrons. The highest BCUT2D eigenvalue weighted by Crippen LogP contribution is 2.34. The molecule has 1 saturated heterocycles. The van der Waals surface area contributed by atoms with Crippen molar-refractivity contribution < 1.29 is 13.2 Å². The predicted molar refractivity (Wildman–Crippen MR) is 119 cm³/mol. The maximum Gasteiger partial charge on any atom is 0.262 e. The van der Waals surface area contributed by atoms with Crippen LogP contribution in [0, 0.1) is 5.92 Å². The molecule has 0 bridgehead atoms. The fourth-order valence-corrected chi connectivity index (χ4v) is 5.57. The van der Waals surface area contributed by atoms with E-state index in [-0.39, 0.29) is 41.0 Å². The van der Waals surface area contributed by atoms with Gasteiger partial charge in [-0.15, -0.1) is 0 Å². The Bertz CT molecular complexity index is 1210. The monoisotopic (exact) mass is 478 g/mol. The minimum atomic E-state index is -3.67. The molecule has 0 unspecified atom stereocenters. The fourth-order valence-electron chi connectivity index (χ4n) is 3.56. The summed E-state index contributed by atoms with van der Waals surface area (Å²) in [6.07, 6.45) is 2.93. The maximum atomic E-state index is 12.9. The molecule has 0 aliphatic carbocycles. The van der Waals surface area contributed by atoms with Crippen LogP contribution in [-0.4, -0.2) is 41.3 Å². The molecule has 1 atom stereocenters. The van der Waals surface area contributed by atoms with Gasteiger partial charge in [0.05, 0.1) is 23.0 Å². The third kappa shape index (κ3) is 4.48. The average Bonchev–Trinajstić information content (AvgIpc) is 3.14. The number of carbonyl (C=O) groups is 1. The lowest BCUT2D eigenvalue weighted by atomic mass is 9.88. The van der Waals surface area contributed by atoms with Crippen LogP contribution in [0.3, 0.4) is 0 Å². The molecule has 10 heteroatoms. The van der Waals surface area contributed by atoms with Crippen molar-refractivity contribution in [2.24, 2.45) is 13.0 Å². The number of hydrogen-bond acceptors (Lipinski definition) is 4. The molecule has 0 saturated carbocycles. The Morgan fingerprint density at radius 3 is 2.48 bits per heavy atom. The number of rotatable bonds is 6. The Kier molecular flexibility index (Phi) is 6.07. The number of nitrogens with zero attached hydrogens (tertiary/aromatic N) is 3. The van der Waals surface area contributed by atoms with Crippen molar-refractivity contribution in [2.45, 2.75) is 11.1 Å². The largest absolute Gasteiger partial charge is 0.345 e. The lowest BCUT2D eigenvalue weighted by molar-refractivity contribution is 0.0872. The first-order valence-corrected chi connectivity index (χ1v) is 11.7. The van der Waals surface area contributed by atoms with E-state index >= 15 is 0 Å². The molecule has 2 aromatic carbocycles. The number of carbonyl (C=O) groups excluding carboxylic acids is 1. The number of nitrogens with one attached hydrogen (secondary N) is 1. The molecule has 1 aromatic heterocycles. The Hall–Kier alpha value is -2.39. The molecule has 1 fully saturated rings. The van der Waals surface area contributed by atoms with E-state index < -0.39 is 10.0 Å². The average molecular weight is 479 g/mol. The van der Waals surface area contributed by atoms with Crippen LogP contribution < -0.4 is 5.32 Å². The minimum Gasteiger partial charge on any atom is -0.345 e. The topological polar surface area (TPSA) is 84.3 Å². The van der Waals surface area contributed by atoms with Crippen molar-refractivity contribution in [1.82, 2.24) is 19.2 Å². The molecule has 4 rings (SSSR count). The van der Waals surface area contributed by atoms with Crippen LogP contribution in [0.25, 0.3) is 0 Å². The van der Waals surface area contributed by atoms with Crippen LogP contribution in [0.5, 0.6) is 0 Å². The van der Waals surface area contributed by atoms with Gasteiger partial charge in [-0.25, -0.2) is 13.4 Å². The lowest BCUT2D eigenvalue weighted by Crippen LogP contribution is -2.54. The van der Waals surface area contributed by atoms with Gasteiger partial charge in [0.2, 0.25) is 0 Å².